The van der Waals surface area contributed by atoms with Crippen LogP contribution in [0.4, 0.5) is 0 Å². The molecule has 1 heterocycles. The SMILES string of the molecule is CC(C)CN(Cc1cccn1C)C(=O)CN(C(=O)/C=C/c1ccccc1)C(C)C. The zero-order valence-corrected chi connectivity index (χ0v) is 18.2. The van der Waals surface area contributed by atoms with Crippen molar-refractivity contribution in [3.05, 3.63) is 66.0 Å². The number of carbonyl (C=O) groups excluding carboxylic acids is 2. The second-order valence-corrected chi connectivity index (χ2v) is 8.08. The molecule has 0 atom stereocenters. The van der Waals surface area contributed by atoms with Gasteiger partial charge in [0.25, 0.3) is 0 Å². The van der Waals surface area contributed by atoms with E-state index in [0.717, 1.165) is 11.3 Å². The van der Waals surface area contributed by atoms with Crippen LogP contribution in [-0.2, 0) is 23.2 Å². The molecule has 156 valence electrons. The molecular weight excluding hydrogens is 362 g/mol. The summed E-state index contributed by atoms with van der Waals surface area (Å²) in [6, 6.07) is 13.6. The number of nitrogens with zero attached hydrogens (tertiary/aromatic N) is 3. The topological polar surface area (TPSA) is 45.6 Å². The lowest BCUT2D eigenvalue weighted by Crippen LogP contribution is -2.46. The Morgan fingerprint density at radius 2 is 1.72 bits per heavy atom. The quantitative estimate of drug-likeness (QED) is 0.603. The first-order valence-electron chi connectivity index (χ1n) is 10.2. The van der Waals surface area contributed by atoms with E-state index in [-0.39, 0.29) is 24.4 Å². The Bertz CT molecular complexity index is 822. The molecule has 0 bridgehead atoms. The van der Waals surface area contributed by atoms with Gasteiger partial charge in [0.15, 0.2) is 0 Å². The van der Waals surface area contributed by atoms with Crippen LogP contribution in [0.2, 0.25) is 0 Å². The smallest absolute Gasteiger partial charge is 0.247 e. The lowest BCUT2D eigenvalue weighted by atomic mass is 10.2. The van der Waals surface area contributed by atoms with Gasteiger partial charge >= 0.3 is 0 Å². The summed E-state index contributed by atoms with van der Waals surface area (Å²) in [6.45, 7) is 9.34. The van der Waals surface area contributed by atoms with Crippen LogP contribution in [0, 0.1) is 5.92 Å². The van der Waals surface area contributed by atoms with Crippen LogP contribution in [0.15, 0.2) is 54.7 Å². The summed E-state index contributed by atoms with van der Waals surface area (Å²) in [7, 11) is 1.98. The molecular formula is C24H33N3O2. The minimum absolute atomic E-state index is 0.0324. The van der Waals surface area contributed by atoms with Gasteiger partial charge < -0.3 is 14.4 Å². The zero-order valence-electron chi connectivity index (χ0n) is 18.2. The van der Waals surface area contributed by atoms with Crippen molar-refractivity contribution >= 4 is 17.9 Å². The van der Waals surface area contributed by atoms with Crippen LogP contribution in [0.1, 0.15) is 39.0 Å². The molecule has 0 unspecified atom stereocenters. The van der Waals surface area contributed by atoms with Crippen molar-refractivity contribution < 1.29 is 9.59 Å². The molecule has 1 aromatic heterocycles. The highest BCUT2D eigenvalue weighted by Gasteiger charge is 2.23. The van der Waals surface area contributed by atoms with Crippen molar-refractivity contribution in [2.75, 3.05) is 13.1 Å². The first-order chi connectivity index (χ1) is 13.8. The fourth-order valence-corrected chi connectivity index (χ4v) is 3.14. The maximum Gasteiger partial charge on any atom is 0.247 e. The van der Waals surface area contributed by atoms with Crippen molar-refractivity contribution in [1.29, 1.82) is 0 Å². The highest BCUT2D eigenvalue weighted by molar-refractivity contribution is 5.94. The minimum Gasteiger partial charge on any atom is -0.353 e. The molecule has 2 rings (SSSR count). The van der Waals surface area contributed by atoms with Crippen LogP contribution < -0.4 is 0 Å². The van der Waals surface area contributed by atoms with Gasteiger partial charge in [0.1, 0.15) is 6.54 Å². The summed E-state index contributed by atoms with van der Waals surface area (Å²) < 4.78 is 2.02. The third-order valence-electron chi connectivity index (χ3n) is 4.77. The predicted molar refractivity (Wildman–Crippen MR) is 118 cm³/mol. The Morgan fingerprint density at radius 3 is 2.28 bits per heavy atom. The van der Waals surface area contributed by atoms with Gasteiger partial charge in [0.2, 0.25) is 11.8 Å². The van der Waals surface area contributed by atoms with E-state index in [1.807, 2.05) is 79.0 Å². The molecule has 29 heavy (non-hydrogen) atoms. The monoisotopic (exact) mass is 395 g/mol. The minimum atomic E-state index is -0.152. The summed E-state index contributed by atoms with van der Waals surface area (Å²) in [6.07, 6.45) is 5.32. The summed E-state index contributed by atoms with van der Waals surface area (Å²) >= 11 is 0. The number of hydrogen-bond donors (Lipinski definition) is 0. The number of benzene rings is 1. The van der Waals surface area contributed by atoms with Crippen LogP contribution >= 0.6 is 0 Å². The Hall–Kier alpha value is -2.82. The molecule has 0 radical (unpaired) electrons. The molecule has 0 fully saturated rings. The van der Waals surface area contributed by atoms with Gasteiger partial charge in [-0.3, -0.25) is 9.59 Å². The van der Waals surface area contributed by atoms with Crippen molar-refractivity contribution in [2.24, 2.45) is 13.0 Å². The molecule has 5 heteroatoms. The van der Waals surface area contributed by atoms with Crippen molar-refractivity contribution in [3.63, 3.8) is 0 Å². The van der Waals surface area contributed by atoms with E-state index in [1.54, 1.807) is 17.1 Å². The standard InChI is InChI=1S/C24H33N3O2/c1-19(2)16-26(17-22-12-9-15-25(22)5)24(29)18-27(20(3)4)23(28)14-13-21-10-7-6-8-11-21/h6-15,19-20H,16-18H2,1-5H3/b14-13+. The van der Waals surface area contributed by atoms with Gasteiger partial charge in [-0.25, -0.2) is 0 Å². The fourth-order valence-electron chi connectivity index (χ4n) is 3.14. The van der Waals surface area contributed by atoms with E-state index in [4.69, 9.17) is 0 Å². The fraction of sp³-hybridized carbons (Fsp3) is 0.417. The number of aryl methyl sites for hydroxylation is 1. The Morgan fingerprint density at radius 1 is 1.03 bits per heavy atom. The van der Waals surface area contributed by atoms with Crippen molar-refractivity contribution in [1.82, 2.24) is 14.4 Å². The number of rotatable bonds is 9. The summed E-state index contributed by atoms with van der Waals surface area (Å²) in [5.41, 5.74) is 2.03. The molecule has 2 amide bonds. The molecule has 0 N–H and O–H groups in total. The van der Waals surface area contributed by atoms with Crippen LogP contribution in [-0.4, -0.2) is 45.3 Å². The lowest BCUT2D eigenvalue weighted by Gasteiger charge is -2.30. The lowest BCUT2D eigenvalue weighted by molar-refractivity contribution is -0.140. The maximum atomic E-state index is 13.1. The average molecular weight is 396 g/mol. The first-order valence-corrected chi connectivity index (χ1v) is 10.2. The Kier molecular flexibility index (Phi) is 8.25. The second kappa shape index (κ2) is 10.6. The first kappa shape index (κ1) is 22.5. The molecule has 0 spiro atoms. The van der Waals surface area contributed by atoms with E-state index in [2.05, 4.69) is 13.8 Å². The molecule has 1 aromatic carbocycles. The van der Waals surface area contributed by atoms with Gasteiger partial charge in [0, 0.05) is 37.6 Å². The Labute approximate surface area is 174 Å². The molecule has 0 aliphatic heterocycles. The Balaban J connectivity index is 2.11. The van der Waals surface area contributed by atoms with Gasteiger partial charge in [-0.1, -0.05) is 44.2 Å². The van der Waals surface area contributed by atoms with Crippen molar-refractivity contribution in [3.8, 4) is 0 Å². The average Bonchev–Trinajstić information content (AvgIpc) is 3.08. The maximum absolute atomic E-state index is 13.1. The number of hydrogen-bond acceptors (Lipinski definition) is 2. The molecule has 2 aromatic rings. The van der Waals surface area contributed by atoms with Gasteiger partial charge in [0.05, 0.1) is 6.54 Å². The van der Waals surface area contributed by atoms with Gasteiger partial charge in [-0.15, -0.1) is 0 Å². The largest absolute Gasteiger partial charge is 0.353 e. The molecule has 0 saturated heterocycles. The van der Waals surface area contributed by atoms with Crippen molar-refractivity contribution in [2.45, 2.75) is 40.3 Å². The normalized spacial score (nSPS) is 11.4. The number of aromatic nitrogens is 1. The van der Waals surface area contributed by atoms with E-state index >= 15 is 0 Å². The highest BCUT2D eigenvalue weighted by Crippen LogP contribution is 2.11. The van der Waals surface area contributed by atoms with Crippen LogP contribution in [0.5, 0.6) is 0 Å². The molecule has 0 saturated carbocycles. The summed E-state index contributed by atoms with van der Waals surface area (Å²) in [5, 5.41) is 0. The highest BCUT2D eigenvalue weighted by atomic mass is 16.2. The zero-order chi connectivity index (χ0) is 21.4. The summed E-state index contributed by atoms with van der Waals surface area (Å²) in [4.78, 5) is 29.4. The number of carbonyl (C=O) groups is 2. The van der Waals surface area contributed by atoms with E-state index < -0.39 is 0 Å². The molecule has 5 nitrogen and oxygen atoms in total. The summed E-state index contributed by atoms with van der Waals surface area (Å²) in [5.74, 6) is 0.163. The predicted octanol–water partition coefficient (Wildman–Crippen LogP) is 3.96. The van der Waals surface area contributed by atoms with Gasteiger partial charge in [-0.2, -0.15) is 0 Å². The van der Waals surface area contributed by atoms with Gasteiger partial charge in [-0.05, 0) is 43.5 Å². The third-order valence-corrected chi connectivity index (χ3v) is 4.77. The van der Waals surface area contributed by atoms with E-state index in [9.17, 15) is 9.59 Å². The van der Waals surface area contributed by atoms with E-state index in [1.165, 1.54) is 0 Å². The third kappa shape index (κ3) is 6.93. The van der Waals surface area contributed by atoms with Crippen LogP contribution in [0.3, 0.4) is 0 Å². The second-order valence-electron chi connectivity index (χ2n) is 8.08. The van der Waals surface area contributed by atoms with E-state index in [0.29, 0.717) is 19.0 Å². The number of amides is 2. The molecule has 0 aliphatic rings. The van der Waals surface area contributed by atoms with Crippen LogP contribution in [0.25, 0.3) is 6.08 Å². The molecule has 0 aliphatic carbocycles.